The molecule has 0 fully saturated rings. The molecular formula is C45H46O4. The van der Waals surface area contributed by atoms with Crippen molar-refractivity contribution in [1.29, 1.82) is 0 Å². The average molecular weight is 651 g/mol. The van der Waals surface area contributed by atoms with Crippen molar-refractivity contribution in [3.8, 4) is 22.6 Å². The fourth-order valence-corrected chi connectivity index (χ4v) is 6.90. The first kappa shape index (κ1) is 32.9. The van der Waals surface area contributed by atoms with E-state index in [1.165, 1.54) is 33.4 Å². The zero-order valence-corrected chi connectivity index (χ0v) is 29.8. The standard InChI is InChI=1S/C45H46O4/c1-41(2,46)43(5,6)48-35-23-19-29-25-33(21-17-31(29)27-35)45(39-15-11-9-13-37(39)38-14-10-12-16-40(38)45)34-22-18-32-28-36(24-20-30(32)26-34)49-44(7,8)42(3,4)47/h9-28,46-47H,1-8H3. The Labute approximate surface area is 290 Å². The summed E-state index contributed by atoms with van der Waals surface area (Å²) in [6.45, 7) is 14.7. The zero-order valence-electron chi connectivity index (χ0n) is 29.8. The molecule has 1 aliphatic carbocycles. The van der Waals surface area contributed by atoms with Gasteiger partial charge in [-0.15, -0.1) is 0 Å². The first-order valence-corrected chi connectivity index (χ1v) is 17.1. The summed E-state index contributed by atoms with van der Waals surface area (Å²) in [6.07, 6.45) is 0. The van der Waals surface area contributed by atoms with Crippen LogP contribution in [0.25, 0.3) is 32.7 Å². The van der Waals surface area contributed by atoms with E-state index in [0.29, 0.717) is 0 Å². The monoisotopic (exact) mass is 650 g/mol. The van der Waals surface area contributed by atoms with E-state index in [1.807, 2.05) is 39.8 Å². The second-order valence-electron chi connectivity index (χ2n) is 15.6. The minimum absolute atomic E-state index is 0.550. The van der Waals surface area contributed by atoms with E-state index in [9.17, 15) is 10.2 Å². The van der Waals surface area contributed by atoms with Crippen LogP contribution in [0.3, 0.4) is 0 Å². The van der Waals surface area contributed by atoms with E-state index in [0.717, 1.165) is 33.0 Å². The maximum atomic E-state index is 10.7. The summed E-state index contributed by atoms with van der Waals surface area (Å²) in [6, 6.07) is 43.4. The smallest absolute Gasteiger partial charge is 0.131 e. The molecule has 1 aliphatic rings. The molecule has 49 heavy (non-hydrogen) atoms. The van der Waals surface area contributed by atoms with Crippen LogP contribution in [0.15, 0.2) is 121 Å². The molecule has 2 N–H and O–H groups in total. The van der Waals surface area contributed by atoms with Crippen molar-refractivity contribution in [2.24, 2.45) is 0 Å². The van der Waals surface area contributed by atoms with Gasteiger partial charge >= 0.3 is 0 Å². The van der Waals surface area contributed by atoms with E-state index in [1.54, 1.807) is 27.7 Å². The van der Waals surface area contributed by atoms with Gasteiger partial charge in [0.05, 0.1) is 16.6 Å². The molecule has 0 unspecified atom stereocenters. The van der Waals surface area contributed by atoms with Crippen LogP contribution in [0.4, 0.5) is 0 Å². The minimum atomic E-state index is -1.01. The van der Waals surface area contributed by atoms with Gasteiger partial charge < -0.3 is 19.7 Å². The summed E-state index contributed by atoms with van der Waals surface area (Å²) >= 11 is 0. The summed E-state index contributed by atoms with van der Waals surface area (Å²) in [5.74, 6) is 1.45. The quantitative estimate of drug-likeness (QED) is 0.172. The van der Waals surface area contributed by atoms with E-state index in [4.69, 9.17) is 9.47 Å². The summed E-state index contributed by atoms with van der Waals surface area (Å²) in [4.78, 5) is 0. The Hall–Kier alpha value is -4.64. The lowest BCUT2D eigenvalue weighted by Crippen LogP contribution is -2.49. The molecule has 0 saturated carbocycles. The van der Waals surface area contributed by atoms with Crippen molar-refractivity contribution in [3.05, 3.63) is 144 Å². The average Bonchev–Trinajstić information content (AvgIpc) is 3.34. The van der Waals surface area contributed by atoms with Crippen LogP contribution in [0.1, 0.15) is 77.6 Å². The maximum Gasteiger partial charge on any atom is 0.131 e. The van der Waals surface area contributed by atoms with Crippen LogP contribution in [0.2, 0.25) is 0 Å². The minimum Gasteiger partial charge on any atom is -0.485 e. The molecule has 0 heterocycles. The topological polar surface area (TPSA) is 58.9 Å². The lowest BCUT2D eigenvalue weighted by molar-refractivity contribution is -0.0906. The Kier molecular flexibility index (Phi) is 7.51. The van der Waals surface area contributed by atoms with E-state index < -0.39 is 27.8 Å². The molecule has 0 amide bonds. The fraction of sp³-hybridized carbons (Fsp3) is 0.289. The number of ether oxygens (including phenoxy) is 2. The van der Waals surface area contributed by atoms with Gasteiger partial charge in [-0.1, -0.05) is 84.9 Å². The van der Waals surface area contributed by atoms with Gasteiger partial charge in [-0.25, -0.2) is 0 Å². The highest BCUT2D eigenvalue weighted by Crippen LogP contribution is 2.56. The Balaban J connectivity index is 1.39. The number of hydrogen-bond donors (Lipinski definition) is 2. The Morgan fingerprint density at radius 3 is 1.16 bits per heavy atom. The molecule has 0 bridgehead atoms. The molecule has 6 aromatic carbocycles. The molecular weight excluding hydrogens is 604 g/mol. The van der Waals surface area contributed by atoms with E-state index in [2.05, 4.69) is 109 Å². The molecule has 250 valence electrons. The normalized spacial score (nSPS) is 14.5. The lowest BCUT2D eigenvalue weighted by Gasteiger charge is -2.37. The molecule has 4 heteroatoms. The first-order chi connectivity index (χ1) is 23.0. The van der Waals surface area contributed by atoms with Gasteiger partial charge in [0.25, 0.3) is 0 Å². The predicted octanol–water partition coefficient (Wildman–Crippen LogP) is 10.2. The lowest BCUT2D eigenvalue weighted by atomic mass is 9.67. The third kappa shape index (κ3) is 5.39. The highest BCUT2D eigenvalue weighted by molar-refractivity contribution is 5.92. The van der Waals surface area contributed by atoms with Gasteiger partial charge in [-0.3, -0.25) is 0 Å². The maximum absolute atomic E-state index is 10.7. The number of fused-ring (bicyclic) bond motifs is 5. The number of rotatable bonds is 8. The van der Waals surface area contributed by atoms with E-state index in [-0.39, 0.29) is 0 Å². The molecule has 0 atom stereocenters. The van der Waals surface area contributed by atoms with Crippen LogP contribution in [-0.4, -0.2) is 32.6 Å². The van der Waals surface area contributed by atoms with Crippen molar-refractivity contribution >= 4 is 21.5 Å². The van der Waals surface area contributed by atoms with Crippen molar-refractivity contribution in [2.75, 3.05) is 0 Å². The van der Waals surface area contributed by atoms with Crippen molar-refractivity contribution in [3.63, 3.8) is 0 Å². The van der Waals surface area contributed by atoms with Crippen LogP contribution < -0.4 is 9.47 Å². The SMILES string of the molecule is CC(C)(O)C(C)(C)Oc1ccc2cc(C3(c4ccc5cc(OC(C)(C)C(C)(C)O)ccc5c4)c4ccccc4-c4ccccc43)ccc2c1. The summed E-state index contributed by atoms with van der Waals surface area (Å²) in [7, 11) is 0. The highest BCUT2D eigenvalue weighted by Gasteiger charge is 2.46. The molecule has 0 spiro atoms. The Bertz CT molecular complexity index is 2050. The van der Waals surface area contributed by atoms with Gasteiger partial charge in [-0.05, 0) is 147 Å². The van der Waals surface area contributed by atoms with Gasteiger partial charge in [-0.2, -0.15) is 0 Å². The second-order valence-corrected chi connectivity index (χ2v) is 15.6. The third-order valence-corrected chi connectivity index (χ3v) is 11.1. The summed E-state index contributed by atoms with van der Waals surface area (Å²) in [5, 5.41) is 25.7. The Morgan fingerprint density at radius 1 is 0.429 bits per heavy atom. The number of benzene rings is 6. The van der Waals surface area contributed by atoms with Crippen molar-refractivity contribution in [1.82, 2.24) is 0 Å². The number of aliphatic hydroxyl groups is 2. The largest absolute Gasteiger partial charge is 0.485 e. The molecule has 0 aliphatic heterocycles. The number of hydrogen-bond acceptors (Lipinski definition) is 4. The van der Waals surface area contributed by atoms with Crippen LogP contribution in [0, 0.1) is 0 Å². The van der Waals surface area contributed by atoms with Crippen molar-refractivity contribution < 1.29 is 19.7 Å². The van der Waals surface area contributed by atoms with Crippen LogP contribution in [-0.2, 0) is 5.41 Å². The molecule has 0 radical (unpaired) electrons. The van der Waals surface area contributed by atoms with Crippen molar-refractivity contribution in [2.45, 2.75) is 83.2 Å². The second kappa shape index (κ2) is 11.2. The molecule has 0 saturated heterocycles. The molecule has 7 rings (SSSR count). The summed E-state index contributed by atoms with van der Waals surface area (Å²) < 4.78 is 12.6. The van der Waals surface area contributed by atoms with Gasteiger partial charge in [0, 0.05) is 0 Å². The molecule has 0 aromatic heterocycles. The third-order valence-electron chi connectivity index (χ3n) is 11.1. The first-order valence-electron chi connectivity index (χ1n) is 17.1. The Morgan fingerprint density at radius 2 is 0.776 bits per heavy atom. The van der Waals surface area contributed by atoms with Gasteiger partial charge in [0.15, 0.2) is 0 Å². The van der Waals surface area contributed by atoms with Gasteiger partial charge in [0.1, 0.15) is 22.7 Å². The van der Waals surface area contributed by atoms with Gasteiger partial charge in [0.2, 0.25) is 0 Å². The zero-order chi connectivity index (χ0) is 35.0. The predicted molar refractivity (Wildman–Crippen MR) is 201 cm³/mol. The van der Waals surface area contributed by atoms with E-state index >= 15 is 0 Å². The molecule has 4 nitrogen and oxygen atoms in total. The van der Waals surface area contributed by atoms with Crippen LogP contribution in [0.5, 0.6) is 11.5 Å². The summed E-state index contributed by atoms with van der Waals surface area (Å²) in [5.41, 5.74) is 3.28. The fourth-order valence-electron chi connectivity index (χ4n) is 6.90. The van der Waals surface area contributed by atoms with Crippen LogP contribution >= 0.6 is 0 Å². The highest BCUT2D eigenvalue weighted by atomic mass is 16.5. The molecule has 6 aromatic rings.